The topological polar surface area (TPSA) is 95.7 Å². The third-order valence-electron chi connectivity index (χ3n) is 4.19. The van der Waals surface area contributed by atoms with Crippen molar-refractivity contribution in [2.45, 2.75) is 26.0 Å². The van der Waals surface area contributed by atoms with Crippen molar-refractivity contribution in [1.29, 1.82) is 0 Å². The Morgan fingerprint density at radius 3 is 2.77 bits per heavy atom. The number of benzene rings is 1. The van der Waals surface area contributed by atoms with E-state index in [1.165, 1.54) is 0 Å². The van der Waals surface area contributed by atoms with Crippen LogP contribution in [0.4, 0.5) is 5.95 Å². The van der Waals surface area contributed by atoms with Crippen LogP contribution < -0.4 is 15.6 Å². The first-order valence-corrected chi connectivity index (χ1v) is 10.4. The van der Waals surface area contributed by atoms with Crippen LogP contribution in [-0.4, -0.2) is 38.8 Å². The van der Waals surface area contributed by atoms with E-state index in [4.69, 9.17) is 4.74 Å². The van der Waals surface area contributed by atoms with Crippen LogP contribution in [0.3, 0.4) is 0 Å². The molecule has 3 rings (SSSR count). The van der Waals surface area contributed by atoms with E-state index in [9.17, 15) is 4.79 Å². The third-order valence-corrected chi connectivity index (χ3v) is 5.16. The molecule has 30 heavy (non-hydrogen) atoms. The minimum Gasteiger partial charge on any atom is -0.494 e. The molecule has 1 aromatic carbocycles. The van der Waals surface area contributed by atoms with Crippen LogP contribution in [0, 0.1) is 6.92 Å². The number of anilines is 1. The summed E-state index contributed by atoms with van der Waals surface area (Å²) in [4.78, 5) is 26.9. The van der Waals surface area contributed by atoms with Crippen LogP contribution in [-0.2, 0) is 12.2 Å². The van der Waals surface area contributed by atoms with Gasteiger partial charge in [0.2, 0.25) is 5.95 Å². The number of nitrogens with one attached hydrogen (secondary N) is 3. The molecule has 0 saturated heterocycles. The molecule has 0 fully saturated rings. The molecule has 0 bridgehead atoms. The summed E-state index contributed by atoms with van der Waals surface area (Å²) in [6.07, 6.45) is 3.86. The summed E-state index contributed by atoms with van der Waals surface area (Å²) in [5.74, 6) is 3.06. The lowest BCUT2D eigenvalue weighted by atomic mass is 10.1. The van der Waals surface area contributed by atoms with Crippen molar-refractivity contribution in [2.24, 2.45) is 0 Å². The molecule has 0 aliphatic heterocycles. The Kier molecular flexibility index (Phi) is 11.4. The van der Waals surface area contributed by atoms with Crippen LogP contribution in [0.2, 0.25) is 0 Å². The second-order valence-electron chi connectivity index (χ2n) is 6.30. The summed E-state index contributed by atoms with van der Waals surface area (Å²) in [6.45, 7) is 5.30. The monoisotopic (exact) mass is 471 g/mol. The molecule has 7 nitrogen and oxygen atoms in total. The fourth-order valence-corrected chi connectivity index (χ4v) is 3.59. The zero-order valence-corrected chi connectivity index (χ0v) is 19.4. The molecule has 2 aromatic heterocycles. The molecule has 0 unspecified atom stereocenters. The van der Waals surface area contributed by atoms with E-state index in [-0.39, 0.29) is 30.4 Å². The fraction of sp³-hybridized carbons (Fsp3) is 0.350. The van der Waals surface area contributed by atoms with Crippen LogP contribution in [0.15, 0.2) is 41.6 Å². The second kappa shape index (κ2) is 13.2. The van der Waals surface area contributed by atoms with Crippen molar-refractivity contribution in [2.75, 3.05) is 24.2 Å². The number of hydrogen-bond acceptors (Lipinski definition) is 6. The number of H-pyrrole nitrogens is 2. The fourth-order valence-electron chi connectivity index (χ4n) is 2.71. The third kappa shape index (κ3) is 7.59. The molecule has 0 amide bonds. The zero-order valence-electron chi connectivity index (χ0n) is 16.9. The number of aromatic nitrogens is 4. The number of halogens is 2. The standard InChI is InChI=1S/C20H25N5O2S.2ClH/c1-3-27-17-6-4-5-15(10-17)9-16-11-22-20(25-19(16)26)21-7-8-28-12-18-14(2)23-13-24-18;;/h4-6,10-11,13H,3,7-9,12H2,1-2H3,(H,23,24)(H2,21,22,25,26);2*1H. The summed E-state index contributed by atoms with van der Waals surface area (Å²) in [5, 5.41) is 3.16. The van der Waals surface area contributed by atoms with Crippen molar-refractivity contribution >= 4 is 42.5 Å². The molecular weight excluding hydrogens is 445 g/mol. The Hall–Kier alpha value is -2.16. The summed E-state index contributed by atoms with van der Waals surface area (Å²) in [5.41, 5.74) is 3.70. The largest absolute Gasteiger partial charge is 0.494 e. The first-order chi connectivity index (χ1) is 13.7. The zero-order chi connectivity index (χ0) is 19.8. The van der Waals surface area contributed by atoms with E-state index in [0.717, 1.165) is 34.2 Å². The average Bonchev–Trinajstić information content (AvgIpc) is 3.09. The Morgan fingerprint density at radius 2 is 2.07 bits per heavy atom. The Labute approximate surface area is 192 Å². The lowest BCUT2D eigenvalue weighted by Gasteiger charge is -2.08. The van der Waals surface area contributed by atoms with Gasteiger partial charge in [0.1, 0.15) is 5.75 Å². The number of imidazole rings is 1. The summed E-state index contributed by atoms with van der Waals surface area (Å²) < 4.78 is 5.51. The highest BCUT2D eigenvalue weighted by Crippen LogP contribution is 2.15. The van der Waals surface area contributed by atoms with Gasteiger partial charge in [-0.1, -0.05) is 12.1 Å². The number of rotatable bonds is 10. The SMILES string of the molecule is CCOc1cccc(Cc2cnc(NCCSCc3nc[nH]c3C)[nH]c2=O)c1.Cl.Cl. The van der Waals surface area contributed by atoms with E-state index in [2.05, 4.69) is 25.3 Å². The van der Waals surface area contributed by atoms with Crippen LogP contribution >= 0.6 is 36.6 Å². The number of nitrogens with zero attached hydrogens (tertiary/aromatic N) is 2. The quantitative estimate of drug-likeness (QED) is 0.387. The Morgan fingerprint density at radius 1 is 1.23 bits per heavy atom. The molecule has 0 saturated carbocycles. The highest BCUT2D eigenvalue weighted by atomic mass is 35.5. The number of aryl methyl sites for hydroxylation is 1. The van der Waals surface area contributed by atoms with E-state index < -0.39 is 0 Å². The molecular formula is C20H27Cl2N5O2S. The van der Waals surface area contributed by atoms with Crippen molar-refractivity contribution in [3.05, 3.63) is 69.7 Å². The van der Waals surface area contributed by atoms with Gasteiger partial charge in [0.15, 0.2) is 0 Å². The van der Waals surface area contributed by atoms with Crippen LogP contribution in [0.25, 0.3) is 0 Å². The predicted molar refractivity (Wildman–Crippen MR) is 128 cm³/mol. The number of hydrogen-bond donors (Lipinski definition) is 3. The van der Waals surface area contributed by atoms with Crippen molar-refractivity contribution in [3.8, 4) is 5.75 Å². The molecule has 3 aromatic rings. The maximum atomic E-state index is 12.4. The van der Waals surface area contributed by atoms with Crippen LogP contribution in [0.1, 0.15) is 29.4 Å². The van der Waals surface area contributed by atoms with Gasteiger partial charge in [-0.05, 0) is 31.5 Å². The van der Waals surface area contributed by atoms with E-state index in [1.54, 1.807) is 24.3 Å². The van der Waals surface area contributed by atoms with Gasteiger partial charge in [0, 0.05) is 41.9 Å². The van der Waals surface area contributed by atoms with Crippen molar-refractivity contribution in [1.82, 2.24) is 19.9 Å². The number of thioether (sulfide) groups is 1. The lowest BCUT2D eigenvalue weighted by Crippen LogP contribution is -2.18. The van der Waals surface area contributed by atoms with Gasteiger partial charge in [-0.25, -0.2) is 9.97 Å². The Bertz CT molecular complexity index is 964. The second-order valence-corrected chi connectivity index (χ2v) is 7.40. The summed E-state index contributed by atoms with van der Waals surface area (Å²) in [7, 11) is 0. The normalized spacial score (nSPS) is 10.1. The predicted octanol–water partition coefficient (Wildman–Crippen LogP) is 3.98. The smallest absolute Gasteiger partial charge is 0.255 e. The van der Waals surface area contributed by atoms with Crippen molar-refractivity contribution in [3.63, 3.8) is 0 Å². The van der Waals surface area contributed by atoms with E-state index >= 15 is 0 Å². The molecule has 0 atom stereocenters. The van der Waals surface area contributed by atoms with Gasteiger partial charge < -0.3 is 15.0 Å². The van der Waals surface area contributed by atoms with Crippen LogP contribution in [0.5, 0.6) is 5.75 Å². The first kappa shape index (κ1) is 25.9. The van der Waals surface area contributed by atoms with Gasteiger partial charge in [-0.3, -0.25) is 9.78 Å². The maximum absolute atomic E-state index is 12.4. The van der Waals surface area contributed by atoms with Gasteiger partial charge in [-0.15, -0.1) is 24.8 Å². The van der Waals surface area contributed by atoms with Gasteiger partial charge in [0.05, 0.1) is 18.6 Å². The van der Waals surface area contributed by atoms with Gasteiger partial charge in [0.25, 0.3) is 5.56 Å². The first-order valence-electron chi connectivity index (χ1n) is 9.26. The molecule has 10 heteroatoms. The van der Waals surface area contributed by atoms with E-state index in [0.29, 0.717) is 31.1 Å². The average molecular weight is 472 g/mol. The Balaban J connectivity index is 0.00000225. The maximum Gasteiger partial charge on any atom is 0.255 e. The molecule has 164 valence electrons. The molecule has 2 heterocycles. The van der Waals surface area contributed by atoms with Crippen molar-refractivity contribution < 1.29 is 4.74 Å². The number of aromatic amines is 2. The molecule has 3 N–H and O–H groups in total. The molecule has 0 radical (unpaired) electrons. The van der Waals surface area contributed by atoms with Gasteiger partial charge >= 0.3 is 0 Å². The minimum atomic E-state index is -0.126. The molecule has 0 spiro atoms. The minimum absolute atomic E-state index is 0. The molecule has 0 aliphatic rings. The summed E-state index contributed by atoms with van der Waals surface area (Å²) >= 11 is 1.78. The molecule has 0 aliphatic carbocycles. The highest BCUT2D eigenvalue weighted by Gasteiger charge is 2.06. The highest BCUT2D eigenvalue weighted by molar-refractivity contribution is 7.98. The summed E-state index contributed by atoms with van der Waals surface area (Å²) in [6, 6.07) is 7.77. The lowest BCUT2D eigenvalue weighted by molar-refractivity contribution is 0.340. The van der Waals surface area contributed by atoms with E-state index in [1.807, 2.05) is 38.1 Å². The number of ether oxygens (including phenoxy) is 1. The van der Waals surface area contributed by atoms with Gasteiger partial charge in [-0.2, -0.15) is 11.8 Å².